The largest absolute Gasteiger partial charge is 0.472 e. The van der Waals surface area contributed by atoms with Crippen LogP contribution in [0.3, 0.4) is 0 Å². The van der Waals surface area contributed by atoms with E-state index in [4.69, 9.17) is 18.5 Å². The predicted octanol–water partition coefficient (Wildman–Crippen LogP) is 10.8. The summed E-state index contributed by atoms with van der Waals surface area (Å²) in [6.07, 6.45) is 34.7. The number of rotatable bonds is 40. The Bertz CT molecular complexity index is 884. The van der Waals surface area contributed by atoms with Crippen LogP contribution >= 0.6 is 7.82 Å². The summed E-state index contributed by atoms with van der Waals surface area (Å²) in [5.74, 6) is -1.02. The lowest BCUT2D eigenvalue weighted by molar-refractivity contribution is -0.153. The van der Waals surface area contributed by atoms with Crippen LogP contribution in [0.1, 0.15) is 200 Å². The van der Waals surface area contributed by atoms with Crippen LogP contribution in [0.25, 0.3) is 0 Å². The van der Waals surface area contributed by atoms with Crippen LogP contribution in [0.2, 0.25) is 0 Å². The Morgan fingerprint density at radius 2 is 0.788 bits per heavy atom. The number of phosphoric ester groups is 1. The Hall–Kier alpha value is -1.29. The fraction of sp³-hybridized carbons (Fsp3) is 0.902. The highest BCUT2D eigenvalue weighted by molar-refractivity contribution is 7.47. The van der Waals surface area contributed by atoms with Gasteiger partial charge in [0.25, 0.3) is 0 Å². The summed E-state index contributed by atoms with van der Waals surface area (Å²) in [7, 11) is -4.63. The molecule has 0 aromatic rings. The second-order valence-electron chi connectivity index (χ2n) is 14.3. The third kappa shape index (κ3) is 35.7. The van der Waals surface area contributed by atoms with Crippen molar-refractivity contribution in [3.63, 3.8) is 0 Å². The summed E-state index contributed by atoms with van der Waals surface area (Å²) in [4.78, 5) is 34.4. The molecule has 0 saturated carbocycles. The second kappa shape index (κ2) is 38.0. The smallest absolute Gasteiger partial charge is 0.457 e. The number of carbonyl (C=O) groups excluding carboxylic acids is 2. The maximum absolute atomic E-state index is 12.3. The molecule has 3 atom stereocenters. The van der Waals surface area contributed by atoms with E-state index in [0.717, 1.165) is 57.8 Å². The number of unbranched alkanes of at least 4 members (excludes halogenated alkanes) is 24. The van der Waals surface area contributed by atoms with E-state index in [1.807, 2.05) is 0 Å². The maximum atomic E-state index is 12.3. The van der Waals surface area contributed by atoms with Crippen LogP contribution in [0.4, 0.5) is 0 Å². The third-order valence-electron chi connectivity index (χ3n) is 9.23. The standard InChI is InChI=1S/C41H79O10P/c1-3-5-7-9-11-13-15-17-18-19-20-21-23-25-27-29-31-33-41(45)51-39(35-43)37-49-52(46,47)48-36-38(34-42)50-40(44)32-30-28-26-24-22-16-14-12-10-8-6-4-2/h12,14,38-39,42-43H,3-11,13,15-37H2,1-2H3,(H,46,47)/b14-12-. The van der Waals surface area contributed by atoms with Gasteiger partial charge in [0.15, 0.2) is 0 Å². The van der Waals surface area contributed by atoms with Gasteiger partial charge in [-0.3, -0.25) is 18.6 Å². The molecule has 0 heterocycles. The summed E-state index contributed by atoms with van der Waals surface area (Å²) >= 11 is 0. The fourth-order valence-corrected chi connectivity index (χ4v) is 6.72. The zero-order chi connectivity index (χ0) is 38.4. The molecule has 3 unspecified atom stereocenters. The van der Waals surface area contributed by atoms with E-state index < -0.39 is 58.4 Å². The van der Waals surface area contributed by atoms with Gasteiger partial charge in [0.1, 0.15) is 12.2 Å². The average Bonchev–Trinajstić information content (AvgIpc) is 3.13. The van der Waals surface area contributed by atoms with Crippen molar-refractivity contribution in [3.8, 4) is 0 Å². The molecule has 308 valence electrons. The predicted molar refractivity (Wildman–Crippen MR) is 210 cm³/mol. The van der Waals surface area contributed by atoms with E-state index in [1.54, 1.807) is 0 Å². The highest BCUT2D eigenvalue weighted by atomic mass is 31.2. The van der Waals surface area contributed by atoms with Crippen molar-refractivity contribution in [1.29, 1.82) is 0 Å². The Balaban J connectivity index is 3.90. The van der Waals surface area contributed by atoms with E-state index >= 15 is 0 Å². The zero-order valence-corrected chi connectivity index (χ0v) is 34.2. The molecule has 0 rings (SSSR count). The van der Waals surface area contributed by atoms with Gasteiger partial charge in [-0.15, -0.1) is 0 Å². The average molecular weight is 763 g/mol. The summed E-state index contributed by atoms with van der Waals surface area (Å²) in [5.41, 5.74) is 0. The molecule has 10 nitrogen and oxygen atoms in total. The molecule has 0 aliphatic rings. The van der Waals surface area contributed by atoms with Gasteiger partial charge in [0.2, 0.25) is 0 Å². The second-order valence-corrected chi connectivity index (χ2v) is 15.8. The Morgan fingerprint density at radius 3 is 1.13 bits per heavy atom. The van der Waals surface area contributed by atoms with Crippen LogP contribution in [-0.4, -0.2) is 65.7 Å². The number of ether oxygens (including phenoxy) is 2. The van der Waals surface area contributed by atoms with Gasteiger partial charge in [-0.25, -0.2) is 4.57 Å². The van der Waals surface area contributed by atoms with Crippen LogP contribution < -0.4 is 0 Å². The molecule has 0 amide bonds. The molecular formula is C41H79O10P. The lowest BCUT2D eigenvalue weighted by Crippen LogP contribution is -2.28. The number of phosphoric acid groups is 1. The molecule has 0 spiro atoms. The molecule has 52 heavy (non-hydrogen) atoms. The summed E-state index contributed by atoms with van der Waals surface area (Å²) < 4.78 is 32.5. The Labute approximate surface area is 317 Å². The minimum atomic E-state index is -4.63. The number of esters is 2. The van der Waals surface area contributed by atoms with Crippen molar-refractivity contribution in [3.05, 3.63) is 12.2 Å². The number of aliphatic hydroxyl groups excluding tert-OH is 2. The van der Waals surface area contributed by atoms with Crippen LogP contribution in [0.5, 0.6) is 0 Å². The van der Waals surface area contributed by atoms with E-state index in [2.05, 4.69) is 26.0 Å². The summed E-state index contributed by atoms with van der Waals surface area (Å²) in [5, 5.41) is 19.1. The van der Waals surface area contributed by atoms with Crippen molar-refractivity contribution in [2.75, 3.05) is 26.4 Å². The van der Waals surface area contributed by atoms with Gasteiger partial charge in [0.05, 0.1) is 26.4 Å². The fourth-order valence-electron chi connectivity index (χ4n) is 5.93. The van der Waals surface area contributed by atoms with Crippen molar-refractivity contribution >= 4 is 19.8 Å². The molecule has 3 N–H and O–H groups in total. The number of hydrogen-bond acceptors (Lipinski definition) is 9. The molecule has 0 fully saturated rings. The molecule has 0 aromatic carbocycles. The molecule has 0 radical (unpaired) electrons. The molecule has 11 heteroatoms. The first-order valence-corrected chi connectivity index (χ1v) is 22.6. The van der Waals surface area contributed by atoms with Crippen molar-refractivity contribution < 1.29 is 47.8 Å². The van der Waals surface area contributed by atoms with Gasteiger partial charge >= 0.3 is 19.8 Å². The van der Waals surface area contributed by atoms with Crippen LogP contribution in [0.15, 0.2) is 12.2 Å². The number of carbonyl (C=O) groups is 2. The van der Waals surface area contributed by atoms with Crippen LogP contribution in [-0.2, 0) is 32.7 Å². The molecule has 0 saturated heterocycles. The van der Waals surface area contributed by atoms with Gasteiger partial charge in [0, 0.05) is 12.8 Å². The zero-order valence-electron chi connectivity index (χ0n) is 33.3. The summed E-state index contributed by atoms with van der Waals surface area (Å²) in [6, 6.07) is 0. The van der Waals surface area contributed by atoms with Gasteiger partial charge in [-0.05, 0) is 38.5 Å². The molecule has 0 bridgehead atoms. The first-order chi connectivity index (χ1) is 25.3. The lowest BCUT2D eigenvalue weighted by atomic mass is 10.0. The molecule has 0 aromatic heterocycles. The summed E-state index contributed by atoms with van der Waals surface area (Å²) in [6.45, 7) is 2.19. The highest BCUT2D eigenvalue weighted by Crippen LogP contribution is 2.43. The highest BCUT2D eigenvalue weighted by Gasteiger charge is 2.27. The van der Waals surface area contributed by atoms with E-state index in [0.29, 0.717) is 12.8 Å². The van der Waals surface area contributed by atoms with Crippen molar-refractivity contribution in [2.24, 2.45) is 0 Å². The first-order valence-electron chi connectivity index (χ1n) is 21.1. The monoisotopic (exact) mass is 763 g/mol. The van der Waals surface area contributed by atoms with Gasteiger partial charge < -0.3 is 24.6 Å². The first kappa shape index (κ1) is 50.7. The van der Waals surface area contributed by atoms with E-state index in [1.165, 1.54) is 103 Å². The maximum Gasteiger partial charge on any atom is 0.472 e. The quantitative estimate of drug-likeness (QED) is 0.0238. The normalized spacial score (nSPS) is 14.0. The van der Waals surface area contributed by atoms with E-state index in [-0.39, 0.29) is 12.8 Å². The van der Waals surface area contributed by atoms with E-state index in [9.17, 15) is 29.3 Å². The minimum absolute atomic E-state index is 0.185. The van der Waals surface area contributed by atoms with Crippen LogP contribution in [0, 0.1) is 0 Å². The number of hydrogen-bond donors (Lipinski definition) is 3. The minimum Gasteiger partial charge on any atom is -0.457 e. The third-order valence-corrected chi connectivity index (χ3v) is 10.2. The van der Waals surface area contributed by atoms with Gasteiger partial charge in [-0.1, -0.05) is 161 Å². The topological polar surface area (TPSA) is 149 Å². The number of allylic oxidation sites excluding steroid dienone is 2. The molecule has 0 aliphatic heterocycles. The number of aliphatic hydroxyl groups is 2. The Kier molecular flexibility index (Phi) is 37.1. The SMILES string of the molecule is CCCCC/C=C\CCCCCCCC(=O)OC(CO)COP(=O)(O)OCC(CO)OC(=O)CCCCCCCCCCCCCCCCCCC. The van der Waals surface area contributed by atoms with Gasteiger partial charge in [-0.2, -0.15) is 0 Å². The Morgan fingerprint density at radius 1 is 0.500 bits per heavy atom. The molecular weight excluding hydrogens is 683 g/mol. The van der Waals surface area contributed by atoms with Crippen molar-refractivity contribution in [2.45, 2.75) is 212 Å². The molecule has 0 aliphatic carbocycles. The lowest BCUT2D eigenvalue weighted by Gasteiger charge is -2.20. The van der Waals surface area contributed by atoms with Crippen molar-refractivity contribution in [1.82, 2.24) is 0 Å².